The number of nitrogens with zero attached hydrogens (tertiary/aromatic N) is 6. The van der Waals surface area contributed by atoms with Crippen LogP contribution in [0.1, 0.15) is 34.6 Å². The molecule has 0 unspecified atom stereocenters. The van der Waals surface area contributed by atoms with Gasteiger partial charge in [-0.25, -0.2) is 24.7 Å². The zero-order valence-electron chi connectivity index (χ0n) is 22.2. The molecular formula is C32H27N7O2. The Morgan fingerprint density at radius 3 is 2.49 bits per heavy atom. The number of aromatic carboxylic acids is 1. The summed E-state index contributed by atoms with van der Waals surface area (Å²) in [4.78, 5) is 31.3. The largest absolute Gasteiger partial charge is 0.478 e. The Labute approximate surface area is 237 Å². The molecule has 5 aromatic rings. The quantitative estimate of drug-likeness (QED) is 0.278. The van der Waals surface area contributed by atoms with Gasteiger partial charge in [-0.05, 0) is 42.2 Å². The van der Waals surface area contributed by atoms with Crippen LogP contribution < -0.4 is 5.32 Å². The van der Waals surface area contributed by atoms with Crippen LogP contribution in [0.2, 0.25) is 0 Å². The normalized spacial score (nSPS) is 14.0. The van der Waals surface area contributed by atoms with Gasteiger partial charge in [0, 0.05) is 54.6 Å². The highest BCUT2D eigenvalue weighted by Crippen LogP contribution is 2.33. The van der Waals surface area contributed by atoms with Gasteiger partial charge in [-0.2, -0.15) is 5.26 Å². The first kappa shape index (κ1) is 26.0. The van der Waals surface area contributed by atoms with Crippen LogP contribution in [0.4, 0.5) is 5.82 Å². The summed E-state index contributed by atoms with van der Waals surface area (Å²) in [5, 5.41) is 22.6. The Bertz CT molecular complexity index is 1740. The number of carboxylic acid groups (broad SMARTS) is 1. The fraction of sp³-hybridized carbons (Fsp3) is 0.188. The van der Waals surface area contributed by atoms with E-state index in [2.05, 4.69) is 49.4 Å². The maximum atomic E-state index is 11.5. The average Bonchev–Trinajstić information content (AvgIpc) is 3.02. The highest BCUT2D eigenvalue weighted by atomic mass is 16.4. The lowest BCUT2D eigenvalue weighted by Crippen LogP contribution is -2.38. The van der Waals surface area contributed by atoms with Crippen molar-refractivity contribution in [2.75, 3.05) is 18.4 Å². The minimum Gasteiger partial charge on any atom is -0.478 e. The van der Waals surface area contributed by atoms with Crippen LogP contribution in [0.15, 0.2) is 85.2 Å². The van der Waals surface area contributed by atoms with Gasteiger partial charge in [-0.15, -0.1) is 0 Å². The molecule has 0 spiro atoms. The summed E-state index contributed by atoms with van der Waals surface area (Å²) in [6.45, 7) is 2.78. The van der Waals surface area contributed by atoms with Crippen LogP contribution >= 0.6 is 0 Å². The molecule has 1 aliphatic rings. The lowest BCUT2D eigenvalue weighted by atomic mass is 9.97. The summed E-state index contributed by atoms with van der Waals surface area (Å²) in [6, 6.07) is 26.1. The smallest absolute Gasteiger partial charge is 0.337 e. The molecule has 4 heterocycles. The van der Waals surface area contributed by atoms with Gasteiger partial charge in [0.2, 0.25) is 5.82 Å². The molecule has 0 aliphatic carbocycles. The van der Waals surface area contributed by atoms with Crippen molar-refractivity contribution < 1.29 is 9.90 Å². The lowest BCUT2D eigenvalue weighted by molar-refractivity contribution is 0.0696. The van der Waals surface area contributed by atoms with Gasteiger partial charge in [0.05, 0.1) is 11.3 Å². The van der Waals surface area contributed by atoms with Gasteiger partial charge >= 0.3 is 5.97 Å². The Kier molecular flexibility index (Phi) is 7.30. The highest BCUT2D eigenvalue weighted by molar-refractivity contribution is 5.95. The first-order chi connectivity index (χ1) is 20.1. The first-order valence-corrected chi connectivity index (χ1v) is 13.5. The van der Waals surface area contributed by atoms with Crippen molar-refractivity contribution in [3.8, 4) is 28.5 Å². The van der Waals surface area contributed by atoms with Gasteiger partial charge in [-0.1, -0.05) is 54.6 Å². The second-order valence-electron chi connectivity index (χ2n) is 10.1. The molecule has 1 fully saturated rings. The van der Waals surface area contributed by atoms with Crippen LogP contribution in [0.3, 0.4) is 0 Å². The van der Waals surface area contributed by atoms with Crippen LogP contribution in [-0.4, -0.2) is 55.0 Å². The van der Waals surface area contributed by atoms with E-state index in [9.17, 15) is 9.90 Å². The Morgan fingerprint density at radius 2 is 1.76 bits per heavy atom. The van der Waals surface area contributed by atoms with Crippen molar-refractivity contribution in [2.45, 2.75) is 25.4 Å². The molecular weight excluding hydrogens is 514 g/mol. The van der Waals surface area contributed by atoms with E-state index in [1.54, 1.807) is 18.3 Å². The number of rotatable bonds is 7. The third kappa shape index (κ3) is 5.88. The van der Waals surface area contributed by atoms with E-state index < -0.39 is 5.97 Å². The number of benzene rings is 2. The molecule has 1 aliphatic heterocycles. The van der Waals surface area contributed by atoms with Gasteiger partial charge in [0.1, 0.15) is 11.9 Å². The SMILES string of the molecule is N#Cc1nccc(NC2CCN(Cc3ccc(-c4nc5ncc(C(=O)O)cc5cc4-c4ccccc4)cc3)CC2)n1. The summed E-state index contributed by atoms with van der Waals surface area (Å²) in [5.41, 5.74) is 5.58. The molecule has 41 heavy (non-hydrogen) atoms. The van der Waals surface area contributed by atoms with Gasteiger partial charge in [0.25, 0.3) is 0 Å². The predicted octanol–water partition coefficient (Wildman–Crippen LogP) is 5.40. The molecule has 0 saturated carbocycles. The highest BCUT2D eigenvalue weighted by Gasteiger charge is 2.20. The molecule has 6 rings (SSSR count). The summed E-state index contributed by atoms with van der Waals surface area (Å²) in [6.07, 6.45) is 4.93. The van der Waals surface area contributed by atoms with Crippen molar-refractivity contribution in [2.24, 2.45) is 0 Å². The number of carbonyl (C=O) groups is 1. The van der Waals surface area contributed by atoms with Crippen molar-refractivity contribution >= 4 is 22.8 Å². The van der Waals surface area contributed by atoms with E-state index in [1.165, 1.54) is 11.8 Å². The minimum atomic E-state index is -1.01. The number of hydrogen-bond acceptors (Lipinski definition) is 8. The van der Waals surface area contributed by atoms with Crippen molar-refractivity contribution in [1.82, 2.24) is 24.8 Å². The number of nitrogens with one attached hydrogen (secondary N) is 1. The maximum absolute atomic E-state index is 11.5. The molecule has 0 atom stereocenters. The fourth-order valence-electron chi connectivity index (χ4n) is 5.20. The van der Waals surface area contributed by atoms with Crippen LogP contribution in [-0.2, 0) is 6.54 Å². The van der Waals surface area contributed by atoms with E-state index in [1.807, 2.05) is 42.5 Å². The molecule has 2 N–H and O–H groups in total. The number of likely N-dealkylation sites (tertiary alicyclic amines) is 1. The minimum absolute atomic E-state index is 0.136. The summed E-state index contributed by atoms with van der Waals surface area (Å²) in [5.74, 6) is -0.143. The monoisotopic (exact) mass is 541 g/mol. The molecule has 2 aromatic carbocycles. The molecule has 0 radical (unpaired) electrons. The number of piperidine rings is 1. The number of aromatic nitrogens is 4. The van der Waals surface area contributed by atoms with Gasteiger partial charge in [0.15, 0.2) is 5.65 Å². The summed E-state index contributed by atoms with van der Waals surface area (Å²) in [7, 11) is 0. The van der Waals surface area contributed by atoms with Crippen molar-refractivity contribution in [3.05, 3.63) is 102 Å². The summed E-state index contributed by atoms with van der Waals surface area (Å²) >= 11 is 0. The molecule has 9 heteroatoms. The average molecular weight is 542 g/mol. The van der Waals surface area contributed by atoms with Crippen LogP contribution in [0.25, 0.3) is 33.4 Å². The maximum Gasteiger partial charge on any atom is 0.337 e. The second-order valence-corrected chi connectivity index (χ2v) is 10.1. The van der Waals surface area contributed by atoms with E-state index in [4.69, 9.17) is 10.2 Å². The number of fused-ring (bicyclic) bond motifs is 1. The van der Waals surface area contributed by atoms with Crippen molar-refractivity contribution in [1.29, 1.82) is 5.26 Å². The molecule has 9 nitrogen and oxygen atoms in total. The molecule has 0 amide bonds. The Morgan fingerprint density at radius 1 is 0.976 bits per heavy atom. The molecule has 1 saturated heterocycles. The third-order valence-electron chi connectivity index (χ3n) is 7.33. The topological polar surface area (TPSA) is 128 Å². The third-order valence-corrected chi connectivity index (χ3v) is 7.33. The van der Waals surface area contributed by atoms with Gasteiger partial charge in [-0.3, -0.25) is 4.90 Å². The summed E-state index contributed by atoms with van der Waals surface area (Å²) < 4.78 is 0. The van der Waals surface area contributed by atoms with E-state index in [0.29, 0.717) is 22.9 Å². The second kappa shape index (κ2) is 11.5. The van der Waals surface area contributed by atoms with E-state index in [0.717, 1.165) is 54.9 Å². The Balaban J connectivity index is 1.18. The molecule has 202 valence electrons. The first-order valence-electron chi connectivity index (χ1n) is 13.5. The van der Waals surface area contributed by atoms with E-state index >= 15 is 0 Å². The zero-order chi connectivity index (χ0) is 28.2. The van der Waals surface area contributed by atoms with Crippen LogP contribution in [0.5, 0.6) is 0 Å². The lowest BCUT2D eigenvalue weighted by Gasteiger charge is -2.32. The zero-order valence-corrected chi connectivity index (χ0v) is 22.2. The fourth-order valence-corrected chi connectivity index (χ4v) is 5.20. The number of pyridine rings is 2. The van der Waals surface area contributed by atoms with Gasteiger partial charge < -0.3 is 10.4 Å². The molecule has 3 aromatic heterocycles. The number of carboxylic acids is 1. The van der Waals surface area contributed by atoms with Crippen LogP contribution in [0, 0.1) is 11.3 Å². The number of hydrogen-bond donors (Lipinski definition) is 2. The van der Waals surface area contributed by atoms with Crippen molar-refractivity contribution in [3.63, 3.8) is 0 Å². The number of nitriles is 1. The standard InChI is InChI=1S/C32H27N7O2/c33-18-29-34-13-10-28(37-29)36-26-11-14-39(15-12-26)20-21-6-8-23(9-7-21)30-27(22-4-2-1-3-5-22)17-24-16-25(32(40)41)19-35-31(24)38-30/h1-10,13,16-17,19,26H,11-12,14-15,20H2,(H,40,41)(H,34,36,37). The number of anilines is 1. The predicted molar refractivity (Wildman–Crippen MR) is 156 cm³/mol. The Hall–Kier alpha value is -5.20. The van der Waals surface area contributed by atoms with E-state index in [-0.39, 0.29) is 11.4 Å². The molecule has 0 bridgehead atoms.